The van der Waals surface area contributed by atoms with Gasteiger partial charge >= 0.3 is 0 Å². The van der Waals surface area contributed by atoms with Gasteiger partial charge in [-0.1, -0.05) is 18.2 Å². The summed E-state index contributed by atoms with van der Waals surface area (Å²) in [6.45, 7) is 0. The second-order valence-electron chi connectivity index (χ2n) is 3.31. The summed E-state index contributed by atoms with van der Waals surface area (Å²) in [4.78, 5) is 2.23. The van der Waals surface area contributed by atoms with E-state index in [0.717, 1.165) is 0 Å². The number of nitrogens with zero attached hydrogens (tertiary/aromatic N) is 1. The van der Waals surface area contributed by atoms with E-state index in [4.69, 9.17) is 0 Å². The van der Waals surface area contributed by atoms with Crippen molar-refractivity contribution in [2.24, 2.45) is 0 Å². The minimum Gasteiger partial charge on any atom is -0.380 e. The molecule has 0 unspecified atom stereocenters. The fourth-order valence-electron chi connectivity index (χ4n) is 1.81. The Morgan fingerprint density at radius 2 is 2.09 bits per heavy atom. The summed E-state index contributed by atoms with van der Waals surface area (Å²) in [6, 6.07) is 0. The molecule has 0 fully saturated rings. The Kier molecular flexibility index (Phi) is 1.38. The van der Waals surface area contributed by atoms with E-state index in [1.54, 1.807) is 0 Å². The molecule has 0 aromatic rings. The molecule has 0 atom stereocenters. The summed E-state index contributed by atoms with van der Waals surface area (Å²) < 4.78 is 0. The Labute approximate surface area is 67.7 Å². The Balaban J connectivity index is 2.40. The van der Waals surface area contributed by atoms with E-state index < -0.39 is 0 Å². The Hall–Kier alpha value is -0.980. The minimum atomic E-state index is 1.22. The number of fused-ring (bicyclic) bond motifs is 1. The van der Waals surface area contributed by atoms with E-state index in [0.29, 0.717) is 0 Å². The largest absolute Gasteiger partial charge is 0.380 e. The highest BCUT2D eigenvalue weighted by Crippen LogP contribution is 2.35. The SMILES string of the molecule is CN(C)C1=C2C=CC=C2CC1. The molecule has 0 heterocycles. The van der Waals surface area contributed by atoms with Crippen LogP contribution in [0.25, 0.3) is 0 Å². The quantitative estimate of drug-likeness (QED) is 0.549. The van der Waals surface area contributed by atoms with E-state index in [-0.39, 0.29) is 0 Å². The van der Waals surface area contributed by atoms with Crippen LogP contribution in [0.2, 0.25) is 0 Å². The van der Waals surface area contributed by atoms with Gasteiger partial charge in [0.05, 0.1) is 0 Å². The van der Waals surface area contributed by atoms with Crippen molar-refractivity contribution in [2.45, 2.75) is 12.8 Å². The predicted octanol–water partition coefficient (Wildman–Crippen LogP) is 2.09. The van der Waals surface area contributed by atoms with Crippen LogP contribution in [-0.4, -0.2) is 19.0 Å². The lowest BCUT2D eigenvalue weighted by atomic mass is 10.2. The zero-order chi connectivity index (χ0) is 7.84. The van der Waals surface area contributed by atoms with Crippen LogP contribution in [0, 0.1) is 0 Å². The van der Waals surface area contributed by atoms with Crippen molar-refractivity contribution >= 4 is 0 Å². The Morgan fingerprint density at radius 3 is 2.82 bits per heavy atom. The molecule has 0 radical (unpaired) electrons. The van der Waals surface area contributed by atoms with Gasteiger partial charge in [0.2, 0.25) is 0 Å². The second-order valence-corrected chi connectivity index (χ2v) is 3.31. The van der Waals surface area contributed by atoms with Crippen LogP contribution in [0.1, 0.15) is 12.8 Å². The van der Waals surface area contributed by atoms with Crippen LogP contribution < -0.4 is 0 Å². The molecular formula is C10H13N. The summed E-state index contributed by atoms with van der Waals surface area (Å²) in [5.41, 5.74) is 4.48. The summed E-state index contributed by atoms with van der Waals surface area (Å²) in [6.07, 6.45) is 9.05. The highest BCUT2D eigenvalue weighted by Gasteiger charge is 2.20. The van der Waals surface area contributed by atoms with Crippen LogP contribution in [0.15, 0.2) is 35.1 Å². The molecule has 0 aromatic heterocycles. The van der Waals surface area contributed by atoms with Crippen molar-refractivity contribution in [3.63, 3.8) is 0 Å². The lowest BCUT2D eigenvalue weighted by Gasteiger charge is -2.14. The molecule has 11 heavy (non-hydrogen) atoms. The van der Waals surface area contributed by atoms with Crippen molar-refractivity contribution in [2.75, 3.05) is 14.1 Å². The minimum absolute atomic E-state index is 1.22. The molecule has 0 aromatic carbocycles. The molecular weight excluding hydrogens is 134 g/mol. The van der Waals surface area contributed by atoms with Gasteiger partial charge in [0, 0.05) is 19.8 Å². The molecule has 0 amide bonds. The maximum atomic E-state index is 2.23. The first-order valence-electron chi connectivity index (χ1n) is 4.07. The maximum absolute atomic E-state index is 2.23. The third kappa shape index (κ3) is 0.917. The summed E-state index contributed by atoms with van der Waals surface area (Å²) in [5.74, 6) is 0. The third-order valence-electron chi connectivity index (χ3n) is 2.39. The number of hydrogen-bond acceptors (Lipinski definition) is 1. The van der Waals surface area contributed by atoms with Crippen molar-refractivity contribution in [1.82, 2.24) is 4.90 Å². The van der Waals surface area contributed by atoms with Crippen LogP contribution in [0.3, 0.4) is 0 Å². The molecule has 1 nitrogen and oxygen atoms in total. The van der Waals surface area contributed by atoms with Gasteiger partial charge in [-0.15, -0.1) is 0 Å². The number of allylic oxidation sites excluding steroid dienone is 6. The van der Waals surface area contributed by atoms with Gasteiger partial charge in [0.15, 0.2) is 0 Å². The molecule has 0 saturated carbocycles. The maximum Gasteiger partial charge on any atom is 0.0207 e. The van der Waals surface area contributed by atoms with Gasteiger partial charge in [-0.2, -0.15) is 0 Å². The van der Waals surface area contributed by atoms with Gasteiger partial charge in [-0.25, -0.2) is 0 Å². The lowest BCUT2D eigenvalue weighted by Crippen LogP contribution is -2.09. The molecule has 0 spiro atoms. The molecule has 1 heteroatoms. The first kappa shape index (κ1) is 6.71. The van der Waals surface area contributed by atoms with Crippen molar-refractivity contribution in [3.8, 4) is 0 Å². The fourth-order valence-corrected chi connectivity index (χ4v) is 1.81. The first-order valence-corrected chi connectivity index (χ1v) is 4.07. The monoisotopic (exact) mass is 147 g/mol. The number of hydrogen-bond donors (Lipinski definition) is 0. The topological polar surface area (TPSA) is 3.24 Å². The first-order chi connectivity index (χ1) is 5.29. The van der Waals surface area contributed by atoms with Crippen LogP contribution in [0.5, 0.6) is 0 Å². The van der Waals surface area contributed by atoms with Gasteiger partial charge in [0.25, 0.3) is 0 Å². The average molecular weight is 147 g/mol. The third-order valence-corrected chi connectivity index (χ3v) is 2.39. The van der Waals surface area contributed by atoms with Crippen LogP contribution in [-0.2, 0) is 0 Å². The molecule has 2 aliphatic rings. The summed E-state index contributed by atoms with van der Waals surface area (Å²) >= 11 is 0. The smallest absolute Gasteiger partial charge is 0.0207 e. The fraction of sp³-hybridized carbons (Fsp3) is 0.400. The van der Waals surface area contributed by atoms with Crippen molar-refractivity contribution < 1.29 is 0 Å². The molecule has 58 valence electrons. The molecule has 0 bridgehead atoms. The number of rotatable bonds is 1. The Morgan fingerprint density at radius 1 is 1.27 bits per heavy atom. The normalized spacial score (nSPS) is 20.7. The zero-order valence-corrected chi connectivity index (χ0v) is 7.09. The molecule has 0 saturated heterocycles. The standard InChI is InChI=1S/C10H13N/c1-11(2)10-7-6-8-4-3-5-9(8)10/h3-5H,6-7H2,1-2H3. The van der Waals surface area contributed by atoms with Crippen molar-refractivity contribution in [1.29, 1.82) is 0 Å². The molecule has 2 rings (SSSR count). The predicted molar refractivity (Wildman–Crippen MR) is 47.2 cm³/mol. The summed E-state index contributed by atoms with van der Waals surface area (Å²) in [7, 11) is 4.24. The average Bonchev–Trinajstić information content (AvgIpc) is 2.41. The van der Waals surface area contributed by atoms with E-state index in [9.17, 15) is 0 Å². The molecule has 0 N–H and O–H groups in total. The van der Waals surface area contributed by atoms with Gasteiger partial charge in [-0.05, 0) is 24.0 Å². The highest BCUT2D eigenvalue weighted by atomic mass is 15.1. The van der Waals surface area contributed by atoms with E-state index in [1.807, 2.05) is 0 Å². The molecule has 2 aliphatic carbocycles. The van der Waals surface area contributed by atoms with Crippen LogP contribution >= 0.6 is 0 Å². The van der Waals surface area contributed by atoms with Gasteiger partial charge in [-0.3, -0.25) is 0 Å². The van der Waals surface area contributed by atoms with Crippen LogP contribution in [0.4, 0.5) is 0 Å². The highest BCUT2D eigenvalue weighted by molar-refractivity contribution is 5.54. The van der Waals surface area contributed by atoms with Gasteiger partial charge in [0.1, 0.15) is 0 Å². The van der Waals surface area contributed by atoms with Gasteiger partial charge < -0.3 is 4.90 Å². The Bertz CT molecular complexity index is 267. The summed E-state index contributed by atoms with van der Waals surface area (Å²) in [5, 5.41) is 0. The lowest BCUT2D eigenvalue weighted by molar-refractivity contribution is 0.494. The molecule has 0 aliphatic heterocycles. The zero-order valence-electron chi connectivity index (χ0n) is 7.09. The van der Waals surface area contributed by atoms with E-state index in [2.05, 4.69) is 37.2 Å². The second kappa shape index (κ2) is 2.26. The van der Waals surface area contributed by atoms with Crippen molar-refractivity contribution in [3.05, 3.63) is 35.1 Å². The van der Waals surface area contributed by atoms with E-state index in [1.165, 1.54) is 29.7 Å². The van der Waals surface area contributed by atoms with E-state index >= 15 is 0 Å².